The second-order valence-electron chi connectivity index (χ2n) is 7.82. The maximum Gasteiger partial charge on any atom is 0.276 e. The lowest BCUT2D eigenvalue weighted by atomic mass is 10.0. The molecule has 1 unspecified atom stereocenters. The van der Waals surface area contributed by atoms with Crippen molar-refractivity contribution in [1.29, 1.82) is 0 Å². The monoisotopic (exact) mass is 383 g/mol. The third-order valence-electron chi connectivity index (χ3n) is 5.79. The van der Waals surface area contributed by atoms with E-state index in [1.54, 1.807) is 7.11 Å². The van der Waals surface area contributed by atoms with Gasteiger partial charge in [-0.2, -0.15) is 0 Å². The highest BCUT2D eigenvalue weighted by Gasteiger charge is 2.25. The standard InChI is InChI=1S/C21H29N5O2/c1-28-19-9-7-17(8-10-19)14-24-11-5-6-18(15-24)26-16-20(22-23-26)21(27)25-12-3-2-4-13-25/h7-10,16,18H,2-6,11-15H2,1H3. The third-order valence-corrected chi connectivity index (χ3v) is 5.79. The van der Waals surface area contributed by atoms with Gasteiger partial charge in [0.15, 0.2) is 5.69 Å². The molecule has 1 aromatic carbocycles. The van der Waals surface area contributed by atoms with Gasteiger partial charge in [0.2, 0.25) is 0 Å². The molecule has 150 valence electrons. The van der Waals surface area contributed by atoms with Gasteiger partial charge in [-0.15, -0.1) is 5.10 Å². The predicted molar refractivity (Wildman–Crippen MR) is 106 cm³/mol. The number of hydrogen-bond donors (Lipinski definition) is 0. The molecule has 2 saturated heterocycles. The first kappa shape index (κ1) is 18.9. The molecule has 0 bridgehead atoms. The molecule has 1 atom stereocenters. The van der Waals surface area contributed by atoms with Crippen LogP contribution in [0, 0.1) is 0 Å². The fraction of sp³-hybridized carbons (Fsp3) is 0.571. The zero-order chi connectivity index (χ0) is 19.3. The van der Waals surface area contributed by atoms with E-state index in [4.69, 9.17) is 4.74 Å². The van der Waals surface area contributed by atoms with E-state index in [9.17, 15) is 4.79 Å². The van der Waals surface area contributed by atoms with Crippen LogP contribution in [0.1, 0.15) is 54.2 Å². The molecule has 0 saturated carbocycles. The van der Waals surface area contributed by atoms with Crippen molar-refractivity contribution >= 4 is 5.91 Å². The first-order valence-corrected chi connectivity index (χ1v) is 10.3. The molecule has 1 aromatic heterocycles. The molecule has 1 amide bonds. The van der Waals surface area contributed by atoms with E-state index < -0.39 is 0 Å². The highest BCUT2D eigenvalue weighted by atomic mass is 16.5. The number of methoxy groups -OCH3 is 1. The quantitative estimate of drug-likeness (QED) is 0.794. The molecule has 7 nitrogen and oxygen atoms in total. The summed E-state index contributed by atoms with van der Waals surface area (Å²) in [6.07, 6.45) is 7.42. The Morgan fingerprint density at radius 2 is 1.89 bits per heavy atom. The molecule has 0 aliphatic carbocycles. The van der Waals surface area contributed by atoms with Crippen molar-refractivity contribution in [2.75, 3.05) is 33.3 Å². The average Bonchev–Trinajstić information content (AvgIpc) is 3.25. The maximum atomic E-state index is 12.6. The van der Waals surface area contributed by atoms with Gasteiger partial charge in [-0.25, -0.2) is 4.68 Å². The van der Waals surface area contributed by atoms with E-state index in [1.165, 1.54) is 12.0 Å². The Labute approximate surface area is 166 Å². The second-order valence-corrected chi connectivity index (χ2v) is 7.82. The van der Waals surface area contributed by atoms with Crippen LogP contribution in [0.4, 0.5) is 0 Å². The van der Waals surface area contributed by atoms with Gasteiger partial charge in [0, 0.05) is 26.2 Å². The molecule has 7 heteroatoms. The summed E-state index contributed by atoms with van der Waals surface area (Å²) in [6, 6.07) is 8.52. The molecule has 2 fully saturated rings. The summed E-state index contributed by atoms with van der Waals surface area (Å²) in [5, 5.41) is 8.48. The largest absolute Gasteiger partial charge is 0.497 e. The van der Waals surface area contributed by atoms with Crippen LogP contribution in [0.2, 0.25) is 0 Å². The number of nitrogens with zero attached hydrogens (tertiary/aromatic N) is 5. The number of carbonyl (C=O) groups excluding carboxylic acids is 1. The fourth-order valence-corrected chi connectivity index (χ4v) is 4.19. The second kappa shape index (κ2) is 8.73. The topological polar surface area (TPSA) is 63.5 Å². The summed E-state index contributed by atoms with van der Waals surface area (Å²) in [4.78, 5) is 17.0. The molecule has 0 radical (unpaired) electrons. The van der Waals surface area contributed by atoms with Crippen molar-refractivity contribution < 1.29 is 9.53 Å². The number of hydrogen-bond acceptors (Lipinski definition) is 5. The Bertz CT molecular complexity index is 782. The fourth-order valence-electron chi connectivity index (χ4n) is 4.19. The summed E-state index contributed by atoms with van der Waals surface area (Å²) in [5.74, 6) is 0.908. The zero-order valence-electron chi connectivity index (χ0n) is 16.6. The Hall–Kier alpha value is -2.41. The molecule has 4 rings (SSSR count). The summed E-state index contributed by atoms with van der Waals surface area (Å²) in [7, 11) is 1.69. The lowest BCUT2D eigenvalue weighted by molar-refractivity contribution is 0.0718. The minimum atomic E-state index is 0.0249. The van der Waals surface area contributed by atoms with Crippen molar-refractivity contribution in [3.63, 3.8) is 0 Å². The van der Waals surface area contributed by atoms with Gasteiger partial charge in [0.1, 0.15) is 5.75 Å². The Morgan fingerprint density at radius 1 is 1.11 bits per heavy atom. The third kappa shape index (κ3) is 4.35. The molecule has 3 heterocycles. The van der Waals surface area contributed by atoms with E-state index >= 15 is 0 Å². The number of benzene rings is 1. The van der Waals surface area contributed by atoms with Crippen LogP contribution in [-0.4, -0.2) is 64.0 Å². The van der Waals surface area contributed by atoms with E-state index in [1.807, 2.05) is 27.9 Å². The van der Waals surface area contributed by atoms with Crippen LogP contribution in [0.5, 0.6) is 5.75 Å². The van der Waals surface area contributed by atoms with Crippen molar-refractivity contribution in [3.8, 4) is 5.75 Å². The highest BCUT2D eigenvalue weighted by Crippen LogP contribution is 2.23. The lowest BCUT2D eigenvalue weighted by Crippen LogP contribution is -2.36. The first-order valence-electron chi connectivity index (χ1n) is 10.3. The van der Waals surface area contributed by atoms with Crippen molar-refractivity contribution in [2.45, 2.75) is 44.7 Å². The molecular formula is C21H29N5O2. The number of amides is 1. The van der Waals surface area contributed by atoms with E-state index in [0.29, 0.717) is 5.69 Å². The molecular weight excluding hydrogens is 354 g/mol. The first-order chi connectivity index (χ1) is 13.7. The number of likely N-dealkylation sites (tertiary alicyclic amines) is 2. The average molecular weight is 383 g/mol. The SMILES string of the molecule is COc1ccc(CN2CCCC(n3cc(C(=O)N4CCCCC4)nn3)C2)cc1. The smallest absolute Gasteiger partial charge is 0.276 e. The van der Waals surface area contributed by atoms with Gasteiger partial charge in [0.05, 0.1) is 19.3 Å². The van der Waals surface area contributed by atoms with Gasteiger partial charge < -0.3 is 9.64 Å². The van der Waals surface area contributed by atoms with Gasteiger partial charge in [-0.3, -0.25) is 9.69 Å². The number of ether oxygens (including phenoxy) is 1. The highest BCUT2D eigenvalue weighted by molar-refractivity contribution is 5.91. The Balaban J connectivity index is 1.37. The molecule has 28 heavy (non-hydrogen) atoms. The van der Waals surface area contributed by atoms with Crippen LogP contribution < -0.4 is 4.74 Å². The number of carbonyl (C=O) groups is 1. The van der Waals surface area contributed by atoms with Crippen LogP contribution >= 0.6 is 0 Å². The zero-order valence-corrected chi connectivity index (χ0v) is 16.6. The minimum Gasteiger partial charge on any atom is -0.497 e. The number of piperidine rings is 2. The molecule has 0 spiro atoms. The normalized spacial score (nSPS) is 20.9. The van der Waals surface area contributed by atoms with Crippen molar-refractivity contribution in [3.05, 3.63) is 41.7 Å². The summed E-state index contributed by atoms with van der Waals surface area (Å²) < 4.78 is 7.14. The number of rotatable bonds is 5. The Kier molecular flexibility index (Phi) is 5.90. The maximum absolute atomic E-state index is 12.6. The number of aromatic nitrogens is 3. The van der Waals surface area contributed by atoms with Gasteiger partial charge in [-0.05, 0) is 56.3 Å². The minimum absolute atomic E-state index is 0.0249. The molecule has 0 N–H and O–H groups in total. The van der Waals surface area contributed by atoms with E-state index in [2.05, 4.69) is 27.3 Å². The summed E-state index contributed by atoms with van der Waals surface area (Å²) in [5.41, 5.74) is 1.76. The lowest BCUT2D eigenvalue weighted by Gasteiger charge is -2.32. The van der Waals surface area contributed by atoms with Crippen LogP contribution in [0.3, 0.4) is 0 Å². The summed E-state index contributed by atoms with van der Waals surface area (Å²) in [6.45, 7) is 4.59. The van der Waals surface area contributed by atoms with Crippen molar-refractivity contribution in [2.24, 2.45) is 0 Å². The van der Waals surface area contributed by atoms with Gasteiger partial charge in [0.25, 0.3) is 5.91 Å². The van der Waals surface area contributed by atoms with Gasteiger partial charge in [-0.1, -0.05) is 17.3 Å². The van der Waals surface area contributed by atoms with Crippen LogP contribution in [0.25, 0.3) is 0 Å². The van der Waals surface area contributed by atoms with E-state index in [-0.39, 0.29) is 11.9 Å². The molecule has 2 aliphatic heterocycles. The van der Waals surface area contributed by atoms with E-state index in [0.717, 1.165) is 64.2 Å². The Morgan fingerprint density at radius 3 is 2.64 bits per heavy atom. The predicted octanol–water partition coefficient (Wildman–Crippen LogP) is 2.75. The van der Waals surface area contributed by atoms with Crippen molar-refractivity contribution in [1.82, 2.24) is 24.8 Å². The molecule has 2 aliphatic rings. The van der Waals surface area contributed by atoms with Gasteiger partial charge >= 0.3 is 0 Å². The van der Waals surface area contributed by atoms with Crippen LogP contribution in [0.15, 0.2) is 30.5 Å². The molecule has 2 aromatic rings. The summed E-state index contributed by atoms with van der Waals surface area (Å²) >= 11 is 0. The van der Waals surface area contributed by atoms with Crippen LogP contribution in [-0.2, 0) is 6.54 Å².